The molecule has 1 unspecified atom stereocenters. The standard InChI is InChI=1S/C12H20N2O4/c1-4-5-12(2,11(15)16)13-7-9-6-10(8-17-3)18-14-9/h6,13H,4-5,7-8H2,1-3H3,(H,15,16). The summed E-state index contributed by atoms with van der Waals surface area (Å²) >= 11 is 0. The Labute approximate surface area is 106 Å². The number of aromatic nitrogens is 1. The molecule has 0 saturated carbocycles. The molecule has 0 aliphatic carbocycles. The number of aliphatic carboxylic acids is 1. The Morgan fingerprint density at radius 2 is 2.39 bits per heavy atom. The van der Waals surface area contributed by atoms with Crippen LogP contribution in [0.5, 0.6) is 0 Å². The van der Waals surface area contributed by atoms with E-state index < -0.39 is 11.5 Å². The average molecular weight is 256 g/mol. The highest BCUT2D eigenvalue weighted by Crippen LogP contribution is 2.14. The summed E-state index contributed by atoms with van der Waals surface area (Å²) in [6, 6.07) is 1.75. The maximum atomic E-state index is 11.2. The van der Waals surface area contributed by atoms with E-state index >= 15 is 0 Å². The average Bonchev–Trinajstić information content (AvgIpc) is 2.75. The van der Waals surface area contributed by atoms with Gasteiger partial charge in [0.25, 0.3) is 0 Å². The molecule has 1 heterocycles. The van der Waals surface area contributed by atoms with Crippen LogP contribution < -0.4 is 5.32 Å². The Kier molecular flexibility index (Phi) is 5.30. The number of carboxylic acid groups (broad SMARTS) is 1. The van der Waals surface area contributed by atoms with Crippen molar-refractivity contribution in [3.8, 4) is 0 Å². The summed E-state index contributed by atoms with van der Waals surface area (Å²) in [6.45, 7) is 4.35. The second kappa shape index (κ2) is 6.51. The van der Waals surface area contributed by atoms with Crippen molar-refractivity contribution in [2.45, 2.75) is 45.4 Å². The third kappa shape index (κ3) is 3.82. The molecule has 1 atom stereocenters. The van der Waals surface area contributed by atoms with Gasteiger partial charge >= 0.3 is 5.97 Å². The molecule has 6 heteroatoms. The molecule has 0 fully saturated rings. The zero-order valence-electron chi connectivity index (χ0n) is 11.0. The van der Waals surface area contributed by atoms with Crippen LogP contribution in [0.3, 0.4) is 0 Å². The lowest BCUT2D eigenvalue weighted by molar-refractivity contribution is -0.144. The minimum atomic E-state index is -0.935. The number of ether oxygens (including phenoxy) is 1. The third-order valence-corrected chi connectivity index (χ3v) is 2.78. The van der Waals surface area contributed by atoms with Crippen molar-refractivity contribution < 1.29 is 19.2 Å². The highest BCUT2D eigenvalue weighted by atomic mass is 16.5. The van der Waals surface area contributed by atoms with Gasteiger partial charge in [-0.15, -0.1) is 0 Å². The molecule has 0 aromatic carbocycles. The number of methoxy groups -OCH3 is 1. The first-order valence-electron chi connectivity index (χ1n) is 5.93. The number of hydrogen-bond donors (Lipinski definition) is 2. The molecule has 102 valence electrons. The van der Waals surface area contributed by atoms with Crippen LogP contribution in [0.1, 0.15) is 38.1 Å². The fourth-order valence-corrected chi connectivity index (χ4v) is 1.71. The molecule has 0 aliphatic heterocycles. The van der Waals surface area contributed by atoms with Crippen LogP contribution in [-0.4, -0.2) is 28.9 Å². The summed E-state index contributed by atoms with van der Waals surface area (Å²) < 4.78 is 9.94. The normalized spacial score (nSPS) is 14.4. The van der Waals surface area contributed by atoms with E-state index in [0.29, 0.717) is 31.0 Å². The van der Waals surface area contributed by atoms with Crippen molar-refractivity contribution in [2.24, 2.45) is 0 Å². The molecular weight excluding hydrogens is 236 g/mol. The van der Waals surface area contributed by atoms with Gasteiger partial charge in [0.1, 0.15) is 12.1 Å². The monoisotopic (exact) mass is 256 g/mol. The maximum absolute atomic E-state index is 11.2. The fraction of sp³-hybridized carbons (Fsp3) is 0.667. The van der Waals surface area contributed by atoms with Crippen LogP contribution in [0.4, 0.5) is 0 Å². The molecule has 0 bridgehead atoms. The zero-order chi connectivity index (χ0) is 13.6. The van der Waals surface area contributed by atoms with Crippen LogP contribution in [0.15, 0.2) is 10.6 Å². The quantitative estimate of drug-likeness (QED) is 0.734. The van der Waals surface area contributed by atoms with Gasteiger partial charge in [0.15, 0.2) is 5.76 Å². The number of carboxylic acids is 1. The third-order valence-electron chi connectivity index (χ3n) is 2.78. The first kappa shape index (κ1) is 14.7. The smallest absolute Gasteiger partial charge is 0.323 e. The van der Waals surface area contributed by atoms with Crippen molar-refractivity contribution in [3.05, 3.63) is 17.5 Å². The van der Waals surface area contributed by atoms with Crippen LogP contribution in [0.25, 0.3) is 0 Å². The summed E-state index contributed by atoms with van der Waals surface area (Å²) in [5, 5.41) is 16.1. The van der Waals surface area contributed by atoms with Gasteiger partial charge in [-0.1, -0.05) is 18.5 Å². The van der Waals surface area contributed by atoms with E-state index in [4.69, 9.17) is 9.26 Å². The van der Waals surface area contributed by atoms with Gasteiger partial charge in [0, 0.05) is 19.7 Å². The minimum absolute atomic E-state index is 0.357. The lowest BCUT2D eigenvalue weighted by Crippen LogP contribution is -2.48. The molecular formula is C12H20N2O4. The summed E-state index contributed by atoms with van der Waals surface area (Å²) in [5.74, 6) is -0.230. The molecule has 0 amide bonds. The molecule has 0 spiro atoms. The number of nitrogens with zero attached hydrogens (tertiary/aromatic N) is 1. The lowest BCUT2D eigenvalue weighted by Gasteiger charge is -2.25. The van der Waals surface area contributed by atoms with Crippen molar-refractivity contribution in [2.75, 3.05) is 7.11 Å². The molecule has 1 rings (SSSR count). The predicted octanol–water partition coefficient (Wildman–Crippen LogP) is 1.55. The molecule has 2 N–H and O–H groups in total. The summed E-state index contributed by atoms with van der Waals surface area (Å²) in [4.78, 5) is 11.2. The molecule has 0 aliphatic rings. The Hall–Kier alpha value is -1.40. The molecule has 1 aromatic rings. The van der Waals surface area contributed by atoms with E-state index in [0.717, 1.165) is 6.42 Å². The second-order valence-electron chi connectivity index (χ2n) is 4.46. The van der Waals surface area contributed by atoms with Crippen molar-refractivity contribution in [3.63, 3.8) is 0 Å². The summed E-state index contributed by atoms with van der Waals surface area (Å²) in [5.41, 5.74) is -0.264. The molecule has 18 heavy (non-hydrogen) atoms. The van der Waals surface area contributed by atoms with E-state index in [9.17, 15) is 9.90 Å². The number of hydrogen-bond acceptors (Lipinski definition) is 5. The molecule has 6 nitrogen and oxygen atoms in total. The molecule has 0 radical (unpaired) electrons. The first-order chi connectivity index (χ1) is 8.51. The van der Waals surface area contributed by atoms with Crippen LogP contribution in [0, 0.1) is 0 Å². The van der Waals surface area contributed by atoms with Gasteiger partial charge in [-0.25, -0.2) is 0 Å². The van der Waals surface area contributed by atoms with Crippen molar-refractivity contribution in [1.82, 2.24) is 10.5 Å². The Bertz CT molecular complexity index is 391. The van der Waals surface area contributed by atoms with Crippen LogP contribution in [0.2, 0.25) is 0 Å². The fourth-order valence-electron chi connectivity index (χ4n) is 1.71. The van der Waals surface area contributed by atoms with Crippen LogP contribution in [-0.2, 0) is 22.7 Å². The second-order valence-corrected chi connectivity index (χ2v) is 4.46. The lowest BCUT2D eigenvalue weighted by atomic mass is 9.96. The first-order valence-corrected chi connectivity index (χ1v) is 5.93. The van der Waals surface area contributed by atoms with Gasteiger partial charge in [-0.2, -0.15) is 0 Å². The van der Waals surface area contributed by atoms with E-state index in [2.05, 4.69) is 10.5 Å². The van der Waals surface area contributed by atoms with Gasteiger partial charge in [-0.05, 0) is 13.3 Å². The highest BCUT2D eigenvalue weighted by molar-refractivity contribution is 5.78. The number of nitrogens with one attached hydrogen (secondary N) is 1. The van der Waals surface area contributed by atoms with E-state index in [1.165, 1.54) is 0 Å². The maximum Gasteiger partial charge on any atom is 0.323 e. The Morgan fingerprint density at radius 3 is 2.94 bits per heavy atom. The van der Waals surface area contributed by atoms with E-state index in [1.54, 1.807) is 20.1 Å². The van der Waals surface area contributed by atoms with E-state index in [1.807, 2.05) is 6.92 Å². The Balaban J connectivity index is 2.58. The SMILES string of the molecule is CCCC(C)(NCc1cc(COC)on1)C(=O)O. The topological polar surface area (TPSA) is 84.6 Å². The van der Waals surface area contributed by atoms with E-state index in [-0.39, 0.29) is 0 Å². The highest BCUT2D eigenvalue weighted by Gasteiger charge is 2.31. The van der Waals surface area contributed by atoms with Gasteiger partial charge in [-0.3, -0.25) is 10.1 Å². The summed E-state index contributed by atoms with van der Waals surface area (Å²) in [7, 11) is 1.57. The molecule has 1 aromatic heterocycles. The number of rotatable bonds is 8. The largest absolute Gasteiger partial charge is 0.480 e. The summed E-state index contributed by atoms with van der Waals surface area (Å²) in [6.07, 6.45) is 1.36. The van der Waals surface area contributed by atoms with Crippen LogP contribution >= 0.6 is 0 Å². The van der Waals surface area contributed by atoms with Gasteiger partial charge < -0.3 is 14.4 Å². The van der Waals surface area contributed by atoms with Gasteiger partial charge in [0.2, 0.25) is 0 Å². The molecule has 0 saturated heterocycles. The minimum Gasteiger partial charge on any atom is -0.480 e. The predicted molar refractivity (Wildman–Crippen MR) is 65.0 cm³/mol. The number of carbonyl (C=O) groups is 1. The van der Waals surface area contributed by atoms with Crippen molar-refractivity contribution >= 4 is 5.97 Å². The van der Waals surface area contributed by atoms with Gasteiger partial charge in [0.05, 0.1) is 5.69 Å². The Morgan fingerprint density at radius 1 is 1.67 bits per heavy atom. The zero-order valence-corrected chi connectivity index (χ0v) is 11.0. The van der Waals surface area contributed by atoms with Crippen molar-refractivity contribution in [1.29, 1.82) is 0 Å².